The van der Waals surface area contributed by atoms with Gasteiger partial charge in [-0.25, -0.2) is 0 Å². The van der Waals surface area contributed by atoms with Gasteiger partial charge in [0.05, 0.1) is 19.2 Å². The molecule has 1 aromatic rings. The largest absolute Gasteiger partial charge is 0.493 e. The molecule has 0 saturated heterocycles. The number of nitrogens with one attached hydrogen (secondary N) is 1. The Morgan fingerprint density at radius 2 is 2.44 bits per heavy atom. The molecule has 1 heterocycles. The summed E-state index contributed by atoms with van der Waals surface area (Å²) in [5, 5.41) is 12.0. The molecule has 1 atom stereocenters. The highest BCUT2D eigenvalue weighted by Crippen LogP contribution is 2.27. The molecule has 0 aliphatic carbocycles. The predicted octanol–water partition coefficient (Wildman–Crippen LogP) is 1.41. The monoisotopic (exact) mass is 212 g/mol. The molecular formula is C13H12N2O. The maximum Gasteiger partial charge on any atom is 0.122 e. The molecule has 1 aliphatic heterocycles. The van der Waals surface area contributed by atoms with E-state index in [9.17, 15) is 0 Å². The van der Waals surface area contributed by atoms with E-state index in [-0.39, 0.29) is 6.04 Å². The summed E-state index contributed by atoms with van der Waals surface area (Å²) in [7, 11) is 0. The Hall–Kier alpha value is -1.97. The van der Waals surface area contributed by atoms with Gasteiger partial charge in [0.25, 0.3) is 0 Å². The van der Waals surface area contributed by atoms with Crippen LogP contribution in [0.25, 0.3) is 0 Å². The van der Waals surface area contributed by atoms with Gasteiger partial charge in [0.15, 0.2) is 0 Å². The Kier molecular flexibility index (Phi) is 3.10. The number of rotatable bonds is 3. The molecule has 1 N–H and O–H groups in total. The Balaban J connectivity index is 2.20. The van der Waals surface area contributed by atoms with E-state index in [0.717, 1.165) is 24.3 Å². The normalized spacial score (nSPS) is 14.4. The molecule has 0 aromatic heterocycles. The maximum atomic E-state index is 9.04. The highest BCUT2D eigenvalue weighted by molar-refractivity contribution is 5.41. The van der Waals surface area contributed by atoms with E-state index < -0.39 is 0 Å². The van der Waals surface area contributed by atoms with E-state index in [1.165, 1.54) is 5.56 Å². The number of ether oxygens (including phenoxy) is 1. The predicted molar refractivity (Wildman–Crippen MR) is 60.8 cm³/mol. The third-order valence-corrected chi connectivity index (χ3v) is 2.58. The summed E-state index contributed by atoms with van der Waals surface area (Å²) in [4.78, 5) is 0. The number of hydrogen-bond donors (Lipinski definition) is 1. The molecule has 3 nitrogen and oxygen atoms in total. The van der Waals surface area contributed by atoms with E-state index in [2.05, 4.69) is 17.3 Å². The molecule has 2 rings (SSSR count). The van der Waals surface area contributed by atoms with Crippen molar-refractivity contribution in [1.29, 1.82) is 5.26 Å². The Morgan fingerprint density at radius 3 is 3.19 bits per heavy atom. The smallest absolute Gasteiger partial charge is 0.122 e. The van der Waals surface area contributed by atoms with Gasteiger partial charge in [0.1, 0.15) is 11.8 Å². The lowest BCUT2D eigenvalue weighted by atomic mass is 10.0. The highest BCUT2D eigenvalue weighted by atomic mass is 16.5. The minimum atomic E-state index is -0.345. The van der Waals surface area contributed by atoms with Crippen LogP contribution in [0.3, 0.4) is 0 Å². The molecule has 0 fully saturated rings. The minimum absolute atomic E-state index is 0.345. The van der Waals surface area contributed by atoms with E-state index >= 15 is 0 Å². The molecule has 3 heteroatoms. The summed E-state index contributed by atoms with van der Waals surface area (Å²) in [6.45, 7) is 1.12. The number of nitrogens with zero attached hydrogens (tertiary/aromatic N) is 1. The van der Waals surface area contributed by atoms with Gasteiger partial charge in [0, 0.05) is 6.42 Å². The second-order valence-corrected chi connectivity index (χ2v) is 3.61. The van der Waals surface area contributed by atoms with E-state index in [4.69, 9.17) is 16.4 Å². The van der Waals surface area contributed by atoms with Gasteiger partial charge in [-0.3, -0.25) is 5.32 Å². The van der Waals surface area contributed by atoms with Crippen molar-refractivity contribution in [3.8, 4) is 24.2 Å². The molecule has 1 unspecified atom stereocenters. The van der Waals surface area contributed by atoms with Crippen molar-refractivity contribution in [3.05, 3.63) is 29.3 Å². The molecule has 0 spiro atoms. The van der Waals surface area contributed by atoms with E-state index in [1.54, 1.807) is 0 Å². The number of terminal acetylenes is 1. The van der Waals surface area contributed by atoms with Crippen LogP contribution in [0.15, 0.2) is 18.2 Å². The van der Waals surface area contributed by atoms with Crippen molar-refractivity contribution < 1.29 is 4.74 Å². The average Bonchev–Trinajstić information content (AvgIpc) is 2.77. The van der Waals surface area contributed by atoms with Gasteiger partial charge >= 0.3 is 0 Å². The number of nitriles is 1. The van der Waals surface area contributed by atoms with Crippen LogP contribution in [-0.2, 0) is 6.42 Å². The first-order chi connectivity index (χ1) is 7.85. The van der Waals surface area contributed by atoms with Crippen molar-refractivity contribution in [2.24, 2.45) is 0 Å². The lowest BCUT2D eigenvalue weighted by Crippen LogP contribution is -2.20. The van der Waals surface area contributed by atoms with Gasteiger partial charge in [-0.1, -0.05) is 12.0 Å². The summed E-state index contributed by atoms with van der Waals surface area (Å²) >= 11 is 0. The second kappa shape index (κ2) is 4.70. The summed E-state index contributed by atoms with van der Waals surface area (Å²) in [6, 6.07) is 7.69. The maximum absolute atomic E-state index is 9.04. The summed E-state index contributed by atoms with van der Waals surface area (Å²) in [5.41, 5.74) is 2.11. The fraction of sp³-hybridized carbons (Fsp3) is 0.308. The quantitative estimate of drug-likeness (QED) is 0.770. The molecule has 80 valence electrons. The van der Waals surface area contributed by atoms with E-state index in [0.29, 0.717) is 6.54 Å². The topological polar surface area (TPSA) is 45.0 Å². The van der Waals surface area contributed by atoms with Gasteiger partial charge in [-0.2, -0.15) is 5.26 Å². The van der Waals surface area contributed by atoms with Crippen molar-refractivity contribution in [2.45, 2.75) is 12.5 Å². The van der Waals surface area contributed by atoms with E-state index in [1.807, 2.05) is 18.2 Å². The highest BCUT2D eigenvalue weighted by Gasteiger charge is 2.15. The number of hydrogen-bond acceptors (Lipinski definition) is 3. The van der Waals surface area contributed by atoms with Crippen LogP contribution in [0, 0.1) is 23.7 Å². The third-order valence-electron chi connectivity index (χ3n) is 2.58. The number of fused-ring (bicyclic) bond motifs is 1. The molecule has 1 aliphatic rings. The lowest BCUT2D eigenvalue weighted by Gasteiger charge is -2.10. The molecular weight excluding hydrogens is 200 g/mol. The first-order valence-corrected chi connectivity index (χ1v) is 5.17. The molecule has 0 bridgehead atoms. The zero-order chi connectivity index (χ0) is 11.4. The Labute approximate surface area is 95.0 Å². The molecule has 0 radical (unpaired) electrons. The zero-order valence-corrected chi connectivity index (χ0v) is 8.86. The van der Waals surface area contributed by atoms with Gasteiger partial charge in [-0.15, -0.1) is 6.42 Å². The summed E-state index contributed by atoms with van der Waals surface area (Å²) in [5.74, 6) is 3.40. The SMILES string of the molecule is C#CCNC(C#N)c1ccc2c(c1)CCO2. The van der Waals surface area contributed by atoms with Crippen LogP contribution in [0.2, 0.25) is 0 Å². The average molecular weight is 212 g/mol. The van der Waals surface area contributed by atoms with Gasteiger partial charge in [-0.05, 0) is 23.3 Å². The second-order valence-electron chi connectivity index (χ2n) is 3.61. The summed E-state index contributed by atoms with van der Waals surface area (Å²) < 4.78 is 5.41. The molecule has 16 heavy (non-hydrogen) atoms. The molecule has 0 amide bonds. The fourth-order valence-electron chi connectivity index (χ4n) is 1.79. The van der Waals surface area contributed by atoms with Crippen LogP contribution >= 0.6 is 0 Å². The van der Waals surface area contributed by atoms with Crippen molar-refractivity contribution >= 4 is 0 Å². The Morgan fingerprint density at radius 1 is 1.56 bits per heavy atom. The number of benzene rings is 1. The first kappa shape index (κ1) is 10.5. The molecule has 0 saturated carbocycles. The fourth-order valence-corrected chi connectivity index (χ4v) is 1.79. The molecule has 1 aromatic carbocycles. The van der Waals surface area contributed by atoms with Crippen LogP contribution in [0.5, 0.6) is 5.75 Å². The first-order valence-electron chi connectivity index (χ1n) is 5.17. The zero-order valence-electron chi connectivity index (χ0n) is 8.86. The summed E-state index contributed by atoms with van der Waals surface area (Å²) in [6.07, 6.45) is 6.07. The minimum Gasteiger partial charge on any atom is -0.493 e. The van der Waals surface area contributed by atoms with Crippen LogP contribution < -0.4 is 10.1 Å². The van der Waals surface area contributed by atoms with Crippen molar-refractivity contribution in [3.63, 3.8) is 0 Å². The Bertz CT molecular complexity index is 468. The van der Waals surface area contributed by atoms with Gasteiger partial charge < -0.3 is 4.74 Å². The lowest BCUT2D eigenvalue weighted by molar-refractivity contribution is 0.357. The van der Waals surface area contributed by atoms with Crippen LogP contribution in [-0.4, -0.2) is 13.2 Å². The van der Waals surface area contributed by atoms with Crippen molar-refractivity contribution in [1.82, 2.24) is 5.32 Å². The van der Waals surface area contributed by atoms with Crippen LogP contribution in [0.4, 0.5) is 0 Å². The van der Waals surface area contributed by atoms with Crippen molar-refractivity contribution in [2.75, 3.05) is 13.2 Å². The van der Waals surface area contributed by atoms with Crippen LogP contribution in [0.1, 0.15) is 17.2 Å². The third kappa shape index (κ3) is 2.00. The standard InChI is InChI=1S/C13H12N2O/c1-2-6-15-12(9-14)10-3-4-13-11(8-10)5-7-16-13/h1,3-4,8,12,15H,5-7H2. The van der Waals surface area contributed by atoms with Gasteiger partial charge in [0.2, 0.25) is 0 Å².